The summed E-state index contributed by atoms with van der Waals surface area (Å²) < 4.78 is 6.02. The number of benzene rings is 2. The van der Waals surface area contributed by atoms with Crippen LogP contribution in [0, 0.1) is 0 Å². The molecule has 1 aliphatic rings. The van der Waals surface area contributed by atoms with Crippen molar-refractivity contribution in [2.75, 3.05) is 5.32 Å². The number of rotatable bonds is 7. The third kappa shape index (κ3) is 4.51. The second-order valence-corrected chi connectivity index (χ2v) is 6.30. The Kier molecular flexibility index (Phi) is 5.36. The summed E-state index contributed by atoms with van der Waals surface area (Å²) in [6.07, 6.45) is 5.50. The predicted octanol–water partition coefficient (Wildman–Crippen LogP) is 3.28. The van der Waals surface area contributed by atoms with Gasteiger partial charge in [-0.1, -0.05) is 30.3 Å². The molecule has 0 bridgehead atoms. The maximum absolute atomic E-state index is 11.7. The summed E-state index contributed by atoms with van der Waals surface area (Å²) in [4.78, 5) is 11.7. The van der Waals surface area contributed by atoms with Crippen LogP contribution in [-0.4, -0.2) is 23.2 Å². The van der Waals surface area contributed by atoms with Crippen LogP contribution in [-0.2, 0) is 11.2 Å². The van der Waals surface area contributed by atoms with Crippen molar-refractivity contribution in [2.45, 2.75) is 44.2 Å². The van der Waals surface area contributed by atoms with Crippen molar-refractivity contribution in [1.29, 1.82) is 0 Å². The van der Waals surface area contributed by atoms with Gasteiger partial charge in [0.25, 0.3) is 0 Å². The highest BCUT2D eigenvalue weighted by molar-refractivity contribution is 5.77. The van der Waals surface area contributed by atoms with Crippen LogP contribution < -0.4 is 10.1 Å². The van der Waals surface area contributed by atoms with Gasteiger partial charge in [0, 0.05) is 16.9 Å². The summed E-state index contributed by atoms with van der Waals surface area (Å²) in [5.74, 6) is 0.247. The average Bonchev–Trinajstić information content (AvgIpc) is 3.08. The van der Waals surface area contributed by atoms with E-state index in [0.29, 0.717) is 12.5 Å². The van der Waals surface area contributed by atoms with Gasteiger partial charge in [0.1, 0.15) is 5.75 Å². The Morgan fingerprint density at radius 1 is 1.12 bits per heavy atom. The second kappa shape index (κ2) is 7.86. The van der Waals surface area contributed by atoms with E-state index in [1.54, 1.807) is 0 Å². The van der Waals surface area contributed by atoms with Crippen molar-refractivity contribution >= 4 is 11.7 Å². The van der Waals surface area contributed by atoms with Crippen molar-refractivity contribution in [2.24, 2.45) is 0 Å². The average molecular weight is 326 g/mol. The van der Waals surface area contributed by atoms with E-state index in [4.69, 9.17) is 9.84 Å². The molecule has 1 unspecified atom stereocenters. The molecule has 126 valence electrons. The minimum Gasteiger partial charge on any atom is -0.563 e. The smallest absolute Gasteiger partial charge is 0.538 e. The molecule has 2 aromatic rings. The molecule has 3 rings (SSSR count). The van der Waals surface area contributed by atoms with Crippen molar-refractivity contribution < 1.29 is 14.6 Å². The molecule has 4 heteroatoms. The number of carbonyl (C=O) groups excluding carboxylic acids is 1. The fraction of sp³-hybridized carbons (Fsp3) is 0.350. The normalized spacial score (nSPS) is 15.8. The molecule has 0 spiro atoms. The topological polar surface area (TPSA) is 61.2 Å². The van der Waals surface area contributed by atoms with E-state index < -0.39 is 12.0 Å². The second-order valence-electron chi connectivity index (χ2n) is 6.30. The molecule has 4 nitrogen and oxygen atoms in total. The molecule has 24 heavy (non-hydrogen) atoms. The summed E-state index contributed by atoms with van der Waals surface area (Å²) in [6.45, 7) is 0. The van der Waals surface area contributed by atoms with E-state index in [0.717, 1.165) is 29.8 Å². The van der Waals surface area contributed by atoms with E-state index >= 15 is 0 Å². The largest absolute Gasteiger partial charge is 0.563 e. The molecule has 0 amide bonds. The molecule has 0 aromatic heterocycles. The Morgan fingerprint density at radius 3 is 2.58 bits per heavy atom. The zero-order chi connectivity index (χ0) is 16.8. The Bertz CT molecular complexity index is 666. The molecule has 1 saturated carbocycles. The first-order chi connectivity index (χ1) is 11.7. The minimum absolute atomic E-state index is 0.316. The highest BCUT2D eigenvalue weighted by Crippen LogP contribution is 2.25. The van der Waals surface area contributed by atoms with Crippen LogP contribution in [0.4, 0.5) is 5.69 Å². The molecule has 0 aliphatic heterocycles. The van der Waals surface area contributed by atoms with E-state index in [1.807, 2.05) is 54.6 Å². The van der Waals surface area contributed by atoms with Gasteiger partial charge in [-0.25, -0.2) is 0 Å². The molecule has 2 aromatic carbocycles. The monoisotopic (exact) mass is 326 g/mol. The Labute approximate surface area is 142 Å². The summed E-state index contributed by atoms with van der Waals surface area (Å²) in [5, 5.41) is 10.7. The first-order valence-electron chi connectivity index (χ1n) is 8.53. The summed E-state index contributed by atoms with van der Waals surface area (Å²) >= 11 is 0. The zero-order valence-electron chi connectivity index (χ0n) is 13.7. The number of ether oxygens (including phenoxy) is 1. The molecule has 0 heterocycles. The lowest BCUT2D eigenvalue weighted by molar-refractivity contribution is -0.137. The number of anilines is 1. The van der Waals surface area contributed by atoms with E-state index in [2.05, 4.69) is 5.32 Å². The number of hydrogen-bond donors (Lipinski definition) is 1. The third-order valence-electron chi connectivity index (χ3n) is 4.37. The van der Waals surface area contributed by atoms with Crippen LogP contribution >= 0.6 is 0 Å². The van der Waals surface area contributed by atoms with Gasteiger partial charge in [0.15, 0.2) is 6.04 Å². The van der Waals surface area contributed by atoms with E-state index in [-0.39, 0.29) is 0 Å². The predicted molar refractivity (Wildman–Crippen MR) is 95.5 cm³/mol. The van der Waals surface area contributed by atoms with Crippen LogP contribution in [0.1, 0.15) is 31.2 Å². The third-order valence-corrected chi connectivity index (χ3v) is 4.37. The minimum atomic E-state index is -0.610. The Balaban J connectivity index is 1.66. The van der Waals surface area contributed by atoms with Crippen LogP contribution in [0.3, 0.4) is 0 Å². The van der Waals surface area contributed by atoms with Crippen LogP contribution in [0.2, 0.25) is 0 Å². The van der Waals surface area contributed by atoms with Crippen LogP contribution in [0.15, 0.2) is 54.6 Å². The molecule has 3 N–H and O–H groups in total. The number of para-hydroxylation sites is 1. The van der Waals surface area contributed by atoms with Gasteiger partial charge in [-0.05, 0) is 55.5 Å². The maximum Gasteiger partial charge on any atom is 0.538 e. The van der Waals surface area contributed by atoms with E-state index in [1.165, 1.54) is 12.8 Å². The first kappa shape index (κ1) is 16.4. The van der Waals surface area contributed by atoms with Crippen LogP contribution in [0.5, 0.6) is 5.75 Å². The summed E-state index contributed by atoms with van der Waals surface area (Å²) in [5.41, 5.74) is 1.85. The molecule has 0 radical (unpaired) electrons. The molecule has 0 saturated heterocycles. The number of carbonyl (C=O) groups is 1. The summed E-state index contributed by atoms with van der Waals surface area (Å²) in [7, 11) is 0. The quantitative estimate of drug-likeness (QED) is 0.794. The molecule has 1 aliphatic carbocycles. The van der Waals surface area contributed by atoms with Gasteiger partial charge in [-0.2, -0.15) is 0 Å². The molecular weight excluding hydrogens is 302 g/mol. The van der Waals surface area contributed by atoms with Gasteiger partial charge in [-0.15, -0.1) is 0 Å². The first-order valence-corrected chi connectivity index (χ1v) is 8.53. The molecule has 1 atom stereocenters. The fourth-order valence-electron chi connectivity index (χ4n) is 3.12. The lowest BCUT2D eigenvalue weighted by Gasteiger charge is -2.16. The summed E-state index contributed by atoms with van der Waals surface area (Å²) in [6, 6.07) is 16.8. The number of nitrogens with one attached hydrogen (secondary N) is 1. The van der Waals surface area contributed by atoms with Crippen molar-refractivity contribution in [3.8, 4) is 5.75 Å². The van der Waals surface area contributed by atoms with E-state index in [9.17, 15) is 4.79 Å². The molecule has 1 fully saturated rings. The molecular formula is C20H24NO3+. The van der Waals surface area contributed by atoms with Crippen LogP contribution in [0.25, 0.3) is 0 Å². The standard InChI is InChI=1S/C20H23NO3/c22-20(23)19(21-16-8-2-1-3-9-16)14-15-7-6-12-18(13-15)24-17-10-4-5-11-17/h1-3,6-9,12-13,17,19,21H,4-5,10-11,14H2,(H,22,23)/p+1. The Hall–Kier alpha value is -2.49. The van der Waals surface area contributed by atoms with Crippen molar-refractivity contribution in [3.05, 3.63) is 60.2 Å². The van der Waals surface area contributed by atoms with Crippen molar-refractivity contribution in [3.63, 3.8) is 0 Å². The lowest BCUT2D eigenvalue weighted by atomic mass is 10.1. The van der Waals surface area contributed by atoms with Gasteiger partial charge in [0.05, 0.1) is 6.10 Å². The highest BCUT2D eigenvalue weighted by atomic mass is 16.5. The van der Waals surface area contributed by atoms with Gasteiger partial charge in [-0.3, -0.25) is 0 Å². The van der Waals surface area contributed by atoms with Crippen molar-refractivity contribution in [1.82, 2.24) is 0 Å². The maximum atomic E-state index is 11.7. The van der Waals surface area contributed by atoms with Gasteiger partial charge < -0.3 is 15.2 Å². The fourth-order valence-corrected chi connectivity index (χ4v) is 3.12. The highest BCUT2D eigenvalue weighted by Gasteiger charge is 2.25. The Morgan fingerprint density at radius 2 is 1.88 bits per heavy atom. The van der Waals surface area contributed by atoms with Gasteiger partial charge >= 0.3 is 5.97 Å². The number of hydrogen-bond acceptors (Lipinski definition) is 3. The lowest BCUT2D eigenvalue weighted by Crippen LogP contribution is -2.31. The SMILES string of the molecule is O=C([OH2+])C(Cc1cccc(OC2CCCC2)c1)Nc1ccccc1. The van der Waals surface area contributed by atoms with Gasteiger partial charge in [0.2, 0.25) is 0 Å². The zero-order valence-corrected chi connectivity index (χ0v) is 13.7.